The van der Waals surface area contributed by atoms with Crippen molar-refractivity contribution in [1.82, 2.24) is 0 Å². The maximum absolute atomic E-state index is 10.1. The first-order chi connectivity index (χ1) is 5.66. The molecule has 0 aliphatic heterocycles. The summed E-state index contributed by atoms with van der Waals surface area (Å²) >= 11 is 8.43. The number of thiol groups is 2. The van der Waals surface area contributed by atoms with Crippen LogP contribution in [0.3, 0.4) is 0 Å². The predicted molar refractivity (Wildman–Crippen MR) is 63.1 cm³/mol. The van der Waals surface area contributed by atoms with Gasteiger partial charge in [0.05, 0.1) is 0 Å². The number of aliphatic carboxylic acids is 1. The zero-order chi connectivity index (χ0) is 9.40. The molecule has 0 radical (unpaired) electrons. The molecule has 0 heterocycles. The number of hydrogen-bond donors (Lipinski definition) is 3. The van der Waals surface area contributed by atoms with Crippen molar-refractivity contribution in [1.29, 1.82) is 0 Å². The van der Waals surface area contributed by atoms with Crippen LogP contribution in [0.5, 0.6) is 0 Å². The Hall–Kier alpha value is 1.43. The van der Waals surface area contributed by atoms with Gasteiger partial charge in [-0.25, -0.2) is 0 Å². The van der Waals surface area contributed by atoms with Crippen LogP contribution in [0.1, 0.15) is 32.1 Å². The fourth-order valence-corrected chi connectivity index (χ4v) is 1.78. The Kier molecular flexibility index (Phi) is 14.9. The van der Waals surface area contributed by atoms with E-state index in [9.17, 15) is 4.79 Å². The molecule has 0 fully saturated rings. The molecule has 5 heteroatoms. The summed E-state index contributed by atoms with van der Waals surface area (Å²) in [4.78, 5) is 10.1. The summed E-state index contributed by atoms with van der Waals surface area (Å²) in [6, 6.07) is 0. The second-order valence-electron chi connectivity index (χ2n) is 2.81. The Morgan fingerprint density at radius 3 is 2.38 bits per heavy atom. The number of unbranched alkanes of at least 4 members (excludes halogenated alkanes) is 1. The summed E-state index contributed by atoms with van der Waals surface area (Å²) in [5.41, 5.74) is 0. The second kappa shape index (κ2) is 11.5. The molecule has 0 saturated carbocycles. The number of carboxylic acid groups (broad SMARTS) is 1. The van der Waals surface area contributed by atoms with Gasteiger partial charge in [0.1, 0.15) is 0 Å². The van der Waals surface area contributed by atoms with Crippen LogP contribution in [0.15, 0.2) is 0 Å². The van der Waals surface area contributed by atoms with E-state index in [0.29, 0.717) is 5.25 Å². The monoisotopic (exact) mass is 248 g/mol. The number of carboxylic acids is 1. The van der Waals surface area contributed by atoms with E-state index in [4.69, 9.17) is 5.11 Å². The van der Waals surface area contributed by atoms with Gasteiger partial charge in [-0.05, 0) is 25.0 Å². The summed E-state index contributed by atoms with van der Waals surface area (Å²) in [6.45, 7) is 0. The fraction of sp³-hybridized carbons (Fsp3) is 0.875. The molecule has 72 valence electrons. The van der Waals surface area contributed by atoms with Crippen molar-refractivity contribution >= 4 is 69.0 Å². The van der Waals surface area contributed by atoms with Crippen LogP contribution >= 0.6 is 25.3 Å². The third kappa shape index (κ3) is 13.4. The summed E-state index contributed by atoms with van der Waals surface area (Å²) < 4.78 is 0. The van der Waals surface area contributed by atoms with Crippen LogP contribution in [0.2, 0.25) is 0 Å². The number of rotatable bonds is 7. The van der Waals surface area contributed by atoms with Gasteiger partial charge in [-0.15, -0.1) is 0 Å². The third-order valence-electron chi connectivity index (χ3n) is 1.64. The van der Waals surface area contributed by atoms with Gasteiger partial charge in [0.2, 0.25) is 0 Å². The molecule has 0 aromatic carbocycles. The largest absolute Gasteiger partial charge is 2.00 e. The average Bonchev–Trinajstić information content (AvgIpc) is 1.98. The molecule has 1 atom stereocenters. The quantitative estimate of drug-likeness (QED) is 0.365. The first kappa shape index (κ1) is 16.8. The fourth-order valence-electron chi connectivity index (χ4n) is 0.950. The van der Waals surface area contributed by atoms with Crippen molar-refractivity contribution < 1.29 is 9.90 Å². The van der Waals surface area contributed by atoms with Crippen molar-refractivity contribution in [2.24, 2.45) is 0 Å². The van der Waals surface area contributed by atoms with Crippen molar-refractivity contribution in [3.05, 3.63) is 0 Å². The van der Waals surface area contributed by atoms with Crippen LogP contribution < -0.4 is 0 Å². The van der Waals surface area contributed by atoms with Crippen LogP contribution in [-0.4, -0.2) is 59.8 Å². The third-order valence-corrected chi connectivity index (χ3v) is 2.41. The molecule has 1 N–H and O–H groups in total. The van der Waals surface area contributed by atoms with E-state index in [0.717, 1.165) is 31.4 Å². The zero-order valence-corrected chi connectivity index (χ0v) is 11.8. The molecule has 0 aromatic heterocycles. The molecule has 0 spiro atoms. The molecule has 0 unspecified atom stereocenters. The van der Waals surface area contributed by atoms with Crippen molar-refractivity contribution in [2.75, 3.05) is 5.75 Å². The Balaban J connectivity index is 0. The smallest absolute Gasteiger partial charge is 0.481 e. The van der Waals surface area contributed by atoms with E-state index < -0.39 is 5.97 Å². The van der Waals surface area contributed by atoms with E-state index in [2.05, 4.69) is 25.3 Å². The normalized spacial score (nSPS) is 11.8. The summed E-state index contributed by atoms with van der Waals surface area (Å²) in [6.07, 6.45) is 3.99. The summed E-state index contributed by atoms with van der Waals surface area (Å²) in [5.74, 6) is 0.146. The van der Waals surface area contributed by atoms with E-state index in [-0.39, 0.29) is 44.2 Å². The van der Waals surface area contributed by atoms with Gasteiger partial charge in [0.25, 0.3) is 0 Å². The first-order valence-corrected chi connectivity index (χ1v) is 5.32. The van der Waals surface area contributed by atoms with Crippen molar-refractivity contribution in [2.45, 2.75) is 37.4 Å². The van der Waals surface area contributed by atoms with E-state index in [1.54, 1.807) is 0 Å². The predicted octanol–water partition coefficient (Wildman–Crippen LogP) is 1.87. The zero-order valence-electron chi connectivity index (χ0n) is 7.78. The maximum atomic E-state index is 10.1. The molecule has 0 aliphatic rings. The van der Waals surface area contributed by atoms with E-state index in [1.807, 2.05) is 0 Å². The summed E-state index contributed by atoms with van der Waals surface area (Å²) in [5, 5.41) is 8.74. The minimum absolute atomic E-state index is 0. The molecule has 13 heavy (non-hydrogen) atoms. The summed E-state index contributed by atoms with van der Waals surface area (Å²) in [7, 11) is 0. The van der Waals surface area contributed by atoms with Gasteiger partial charge in [-0.3, -0.25) is 4.79 Å². The Labute approximate surface area is 121 Å². The van der Waals surface area contributed by atoms with E-state index in [1.165, 1.54) is 0 Å². The topological polar surface area (TPSA) is 37.3 Å². The first-order valence-electron chi connectivity index (χ1n) is 4.17. The number of hydrogen-bond acceptors (Lipinski definition) is 3. The molecule has 2 nitrogen and oxygen atoms in total. The molecule has 0 saturated heterocycles. The van der Waals surface area contributed by atoms with Gasteiger partial charge < -0.3 is 5.11 Å². The number of carbonyl (C=O) groups is 1. The minimum Gasteiger partial charge on any atom is -0.481 e. The molecule has 0 aromatic rings. The van der Waals surface area contributed by atoms with E-state index >= 15 is 0 Å². The molecule has 0 rings (SSSR count). The van der Waals surface area contributed by atoms with Crippen LogP contribution in [-0.2, 0) is 4.79 Å². The SMILES string of the molecule is O=C(O)CCCC[C@@H](S)CCS.[Ca+2]. The Morgan fingerprint density at radius 2 is 1.92 bits per heavy atom. The maximum Gasteiger partial charge on any atom is 2.00 e. The molecule has 0 aliphatic carbocycles. The van der Waals surface area contributed by atoms with Crippen molar-refractivity contribution in [3.63, 3.8) is 0 Å². The van der Waals surface area contributed by atoms with Crippen LogP contribution in [0.25, 0.3) is 0 Å². The molecule has 0 amide bonds. The standard InChI is InChI=1S/C8H16O2S2.Ca/c9-8(10)4-2-1-3-7(12)5-6-11;/h7,11-12H,1-6H2,(H,9,10);/q;+2/t7-;/m1./s1. The Bertz CT molecular complexity index is 133. The van der Waals surface area contributed by atoms with Gasteiger partial charge >= 0.3 is 43.7 Å². The van der Waals surface area contributed by atoms with Gasteiger partial charge in [0.15, 0.2) is 0 Å². The molecule has 0 bridgehead atoms. The van der Waals surface area contributed by atoms with Crippen molar-refractivity contribution in [3.8, 4) is 0 Å². The van der Waals surface area contributed by atoms with Crippen LogP contribution in [0, 0.1) is 0 Å². The van der Waals surface area contributed by atoms with Gasteiger partial charge in [0, 0.05) is 11.7 Å². The molecular weight excluding hydrogens is 232 g/mol. The minimum atomic E-state index is -0.708. The second-order valence-corrected chi connectivity index (χ2v) is 3.98. The van der Waals surface area contributed by atoms with Gasteiger partial charge in [-0.1, -0.05) is 6.42 Å². The van der Waals surface area contributed by atoms with Crippen LogP contribution in [0.4, 0.5) is 0 Å². The average molecular weight is 248 g/mol. The van der Waals surface area contributed by atoms with Gasteiger partial charge in [-0.2, -0.15) is 25.3 Å². The molecular formula is C8H16CaO2S2+2. The Morgan fingerprint density at radius 1 is 1.31 bits per heavy atom.